The topological polar surface area (TPSA) is 42.9 Å². The lowest BCUT2D eigenvalue weighted by Crippen LogP contribution is -2.02. The largest absolute Gasteiger partial charge is 0.289 e. The van der Waals surface area contributed by atoms with Gasteiger partial charge in [0.15, 0.2) is 5.78 Å². The number of aromatic nitrogens is 2. The molecule has 0 amide bonds. The van der Waals surface area contributed by atoms with Crippen LogP contribution in [0.3, 0.4) is 0 Å². The van der Waals surface area contributed by atoms with E-state index in [4.69, 9.17) is 11.6 Å². The number of rotatable bonds is 2. The van der Waals surface area contributed by atoms with Gasteiger partial charge < -0.3 is 0 Å². The Kier molecular flexibility index (Phi) is 2.97. The fourth-order valence-corrected chi connectivity index (χ4v) is 2.19. The highest BCUT2D eigenvalue weighted by Gasteiger charge is 2.12. The van der Waals surface area contributed by atoms with E-state index in [1.54, 1.807) is 30.6 Å². The zero-order valence-electron chi connectivity index (χ0n) is 9.88. The molecule has 0 aliphatic rings. The second-order valence-electron chi connectivity index (χ2n) is 4.10. The zero-order valence-corrected chi connectivity index (χ0v) is 10.6. The SMILES string of the molecule is O=C(c1ccnc(Cl)c1)c1cccc2cnccc12. The van der Waals surface area contributed by atoms with E-state index in [2.05, 4.69) is 9.97 Å². The van der Waals surface area contributed by atoms with Crippen molar-refractivity contribution in [1.29, 1.82) is 0 Å². The van der Waals surface area contributed by atoms with Gasteiger partial charge in [0, 0.05) is 35.1 Å². The van der Waals surface area contributed by atoms with Crippen LogP contribution in [0.1, 0.15) is 15.9 Å². The molecule has 3 nitrogen and oxygen atoms in total. The minimum atomic E-state index is -0.0684. The van der Waals surface area contributed by atoms with Gasteiger partial charge in [-0.05, 0) is 23.6 Å². The third-order valence-corrected chi connectivity index (χ3v) is 3.12. The van der Waals surface area contributed by atoms with Gasteiger partial charge in [0.05, 0.1) is 0 Å². The van der Waals surface area contributed by atoms with Gasteiger partial charge in [-0.15, -0.1) is 0 Å². The predicted molar refractivity (Wildman–Crippen MR) is 74.4 cm³/mol. The van der Waals surface area contributed by atoms with Crippen LogP contribution in [0, 0.1) is 0 Å². The first-order valence-corrected chi connectivity index (χ1v) is 6.12. The maximum atomic E-state index is 12.5. The van der Waals surface area contributed by atoms with Crippen LogP contribution < -0.4 is 0 Å². The van der Waals surface area contributed by atoms with E-state index in [9.17, 15) is 4.79 Å². The molecule has 92 valence electrons. The standard InChI is InChI=1S/C15H9ClN2O/c16-14-8-10(4-7-18-14)15(19)13-3-1-2-11-9-17-6-5-12(11)13/h1-9H. The van der Waals surface area contributed by atoms with E-state index in [0.717, 1.165) is 10.8 Å². The number of nitrogens with zero attached hydrogens (tertiary/aromatic N) is 2. The highest BCUT2D eigenvalue weighted by molar-refractivity contribution is 6.30. The van der Waals surface area contributed by atoms with E-state index in [1.807, 2.05) is 18.2 Å². The van der Waals surface area contributed by atoms with Gasteiger partial charge in [-0.25, -0.2) is 4.98 Å². The lowest BCUT2D eigenvalue weighted by atomic mass is 9.99. The van der Waals surface area contributed by atoms with Crippen LogP contribution in [-0.2, 0) is 0 Å². The van der Waals surface area contributed by atoms with Gasteiger partial charge in [-0.1, -0.05) is 29.8 Å². The molecule has 0 bridgehead atoms. The minimum absolute atomic E-state index is 0.0684. The summed E-state index contributed by atoms with van der Waals surface area (Å²) in [4.78, 5) is 20.4. The molecule has 0 radical (unpaired) electrons. The normalized spacial score (nSPS) is 10.6. The van der Waals surface area contributed by atoms with Crippen LogP contribution in [0.4, 0.5) is 0 Å². The average Bonchev–Trinajstić information content (AvgIpc) is 2.46. The van der Waals surface area contributed by atoms with Crippen LogP contribution in [-0.4, -0.2) is 15.8 Å². The van der Waals surface area contributed by atoms with E-state index >= 15 is 0 Å². The molecule has 0 spiro atoms. The summed E-state index contributed by atoms with van der Waals surface area (Å²) in [5, 5.41) is 2.14. The Hall–Kier alpha value is -2.26. The second-order valence-corrected chi connectivity index (χ2v) is 4.49. The Labute approximate surface area is 114 Å². The Morgan fingerprint density at radius 2 is 2.00 bits per heavy atom. The molecule has 0 fully saturated rings. The molecule has 0 saturated carbocycles. The summed E-state index contributed by atoms with van der Waals surface area (Å²) in [6.45, 7) is 0. The van der Waals surface area contributed by atoms with Gasteiger partial charge in [0.2, 0.25) is 0 Å². The van der Waals surface area contributed by atoms with Crippen molar-refractivity contribution in [3.05, 3.63) is 71.3 Å². The number of ketones is 1. The summed E-state index contributed by atoms with van der Waals surface area (Å²) in [6, 6.07) is 10.7. The number of hydrogen-bond donors (Lipinski definition) is 0. The number of pyridine rings is 2. The number of benzene rings is 1. The number of halogens is 1. The molecule has 19 heavy (non-hydrogen) atoms. The van der Waals surface area contributed by atoms with E-state index in [-0.39, 0.29) is 5.78 Å². The van der Waals surface area contributed by atoms with Crippen molar-refractivity contribution >= 4 is 28.2 Å². The first-order chi connectivity index (χ1) is 9.25. The van der Waals surface area contributed by atoms with Crippen molar-refractivity contribution in [1.82, 2.24) is 9.97 Å². The minimum Gasteiger partial charge on any atom is -0.289 e. The summed E-state index contributed by atoms with van der Waals surface area (Å²) in [5.74, 6) is -0.0684. The maximum absolute atomic E-state index is 12.5. The second kappa shape index (κ2) is 4.78. The molecule has 1 aromatic carbocycles. The van der Waals surface area contributed by atoms with Crippen LogP contribution in [0.2, 0.25) is 5.15 Å². The Morgan fingerprint density at radius 1 is 1.11 bits per heavy atom. The zero-order chi connectivity index (χ0) is 13.2. The van der Waals surface area contributed by atoms with Crippen LogP contribution in [0.25, 0.3) is 10.8 Å². The van der Waals surface area contributed by atoms with Crippen LogP contribution >= 0.6 is 11.6 Å². The molecule has 0 aliphatic heterocycles. The van der Waals surface area contributed by atoms with Crippen molar-refractivity contribution in [3.63, 3.8) is 0 Å². The predicted octanol–water partition coefficient (Wildman–Crippen LogP) is 3.51. The van der Waals surface area contributed by atoms with Crippen LogP contribution in [0.15, 0.2) is 55.0 Å². The molecular formula is C15H9ClN2O. The Balaban J connectivity index is 2.17. The number of hydrogen-bond acceptors (Lipinski definition) is 3. The maximum Gasteiger partial charge on any atom is 0.193 e. The summed E-state index contributed by atoms with van der Waals surface area (Å²) >= 11 is 5.82. The Morgan fingerprint density at radius 3 is 2.84 bits per heavy atom. The summed E-state index contributed by atoms with van der Waals surface area (Å²) in [5.41, 5.74) is 1.17. The fourth-order valence-electron chi connectivity index (χ4n) is 2.02. The van der Waals surface area contributed by atoms with E-state index < -0.39 is 0 Å². The van der Waals surface area contributed by atoms with Crippen molar-refractivity contribution in [3.8, 4) is 0 Å². The number of carbonyl (C=O) groups is 1. The molecule has 0 N–H and O–H groups in total. The molecule has 2 heterocycles. The summed E-state index contributed by atoms with van der Waals surface area (Å²) < 4.78 is 0. The monoisotopic (exact) mass is 268 g/mol. The fraction of sp³-hybridized carbons (Fsp3) is 0. The van der Waals surface area contributed by atoms with E-state index in [0.29, 0.717) is 16.3 Å². The summed E-state index contributed by atoms with van der Waals surface area (Å²) in [7, 11) is 0. The number of fused-ring (bicyclic) bond motifs is 1. The highest BCUT2D eigenvalue weighted by Crippen LogP contribution is 2.21. The average molecular weight is 269 g/mol. The molecule has 3 aromatic rings. The van der Waals surface area contributed by atoms with Crippen LogP contribution in [0.5, 0.6) is 0 Å². The molecule has 2 aromatic heterocycles. The van der Waals surface area contributed by atoms with Crippen molar-refractivity contribution in [2.45, 2.75) is 0 Å². The van der Waals surface area contributed by atoms with Gasteiger partial charge >= 0.3 is 0 Å². The molecule has 3 rings (SSSR count). The Bertz CT molecular complexity index is 765. The van der Waals surface area contributed by atoms with E-state index in [1.165, 1.54) is 6.20 Å². The molecular weight excluding hydrogens is 260 g/mol. The third kappa shape index (κ3) is 2.20. The van der Waals surface area contributed by atoms with Crippen molar-refractivity contribution in [2.24, 2.45) is 0 Å². The lowest BCUT2D eigenvalue weighted by Gasteiger charge is -2.05. The molecule has 0 saturated heterocycles. The molecule has 4 heteroatoms. The van der Waals surface area contributed by atoms with Crippen molar-refractivity contribution in [2.75, 3.05) is 0 Å². The van der Waals surface area contributed by atoms with Gasteiger partial charge in [0.25, 0.3) is 0 Å². The smallest absolute Gasteiger partial charge is 0.193 e. The first-order valence-electron chi connectivity index (χ1n) is 5.75. The number of carbonyl (C=O) groups excluding carboxylic acids is 1. The lowest BCUT2D eigenvalue weighted by molar-refractivity contribution is 0.104. The first kappa shape index (κ1) is 11.8. The molecule has 0 unspecified atom stereocenters. The van der Waals surface area contributed by atoms with Gasteiger partial charge in [0.1, 0.15) is 5.15 Å². The molecule has 0 atom stereocenters. The van der Waals surface area contributed by atoms with Gasteiger partial charge in [-0.2, -0.15) is 0 Å². The molecule has 0 aliphatic carbocycles. The van der Waals surface area contributed by atoms with Gasteiger partial charge in [-0.3, -0.25) is 9.78 Å². The quantitative estimate of drug-likeness (QED) is 0.528. The van der Waals surface area contributed by atoms with Crippen molar-refractivity contribution < 1.29 is 4.79 Å². The highest BCUT2D eigenvalue weighted by atomic mass is 35.5. The third-order valence-electron chi connectivity index (χ3n) is 2.91. The summed E-state index contributed by atoms with van der Waals surface area (Å²) in [6.07, 6.45) is 4.95.